The lowest BCUT2D eigenvalue weighted by molar-refractivity contribution is -0.130. The van der Waals surface area contributed by atoms with Crippen LogP contribution in [0.15, 0.2) is 34.9 Å². The monoisotopic (exact) mass is 315 g/mol. The fourth-order valence-electron chi connectivity index (χ4n) is 3.00. The molecule has 6 heteroatoms. The van der Waals surface area contributed by atoms with E-state index in [9.17, 15) is 9.90 Å². The van der Waals surface area contributed by atoms with Crippen LogP contribution in [0.3, 0.4) is 0 Å². The van der Waals surface area contributed by atoms with Gasteiger partial charge in [-0.25, -0.2) is 0 Å². The average Bonchev–Trinajstić information content (AvgIpc) is 3.15. The van der Waals surface area contributed by atoms with Gasteiger partial charge < -0.3 is 14.5 Å². The van der Waals surface area contributed by atoms with Gasteiger partial charge in [-0.05, 0) is 18.4 Å². The second kappa shape index (κ2) is 6.91. The maximum absolute atomic E-state index is 11.6. The van der Waals surface area contributed by atoms with E-state index in [0.29, 0.717) is 24.7 Å². The maximum atomic E-state index is 11.6. The fraction of sp³-hybridized carbons (Fsp3) is 0.471. The third kappa shape index (κ3) is 3.76. The maximum Gasteiger partial charge on any atom is 0.249 e. The third-order valence-corrected chi connectivity index (χ3v) is 4.16. The highest BCUT2D eigenvalue weighted by atomic mass is 16.5. The minimum atomic E-state index is -0.530. The highest BCUT2D eigenvalue weighted by Gasteiger charge is 2.37. The number of aryl methyl sites for hydroxylation is 2. The predicted molar refractivity (Wildman–Crippen MR) is 83.5 cm³/mol. The summed E-state index contributed by atoms with van der Waals surface area (Å²) in [7, 11) is 0. The normalized spacial score (nSPS) is 20.9. The van der Waals surface area contributed by atoms with Gasteiger partial charge in [0.1, 0.15) is 6.04 Å². The van der Waals surface area contributed by atoms with Crippen LogP contribution < -0.4 is 0 Å². The molecule has 0 unspecified atom stereocenters. The van der Waals surface area contributed by atoms with Gasteiger partial charge in [0.2, 0.25) is 11.8 Å². The topological polar surface area (TPSA) is 79.5 Å². The number of hydrogen-bond donors (Lipinski definition) is 1. The molecular formula is C17H21N3O3. The summed E-state index contributed by atoms with van der Waals surface area (Å²) in [6.45, 7) is 1.81. The summed E-state index contributed by atoms with van der Waals surface area (Å²) in [6, 6.07) is 9.97. The number of aromatic nitrogens is 2. The SMILES string of the molecule is CC(=O)N1C[C@@H](O)C[C@@H]1c1nc(CCCc2ccccc2)no1. The van der Waals surface area contributed by atoms with Crippen molar-refractivity contribution in [1.82, 2.24) is 15.0 Å². The van der Waals surface area contributed by atoms with Crippen LogP contribution in [0.25, 0.3) is 0 Å². The van der Waals surface area contributed by atoms with Crippen molar-refractivity contribution in [1.29, 1.82) is 0 Å². The molecule has 6 nitrogen and oxygen atoms in total. The number of likely N-dealkylation sites (tertiary alicyclic amines) is 1. The molecule has 0 bridgehead atoms. The summed E-state index contributed by atoms with van der Waals surface area (Å²) < 4.78 is 5.31. The lowest BCUT2D eigenvalue weighted by Gasteiger charge is -2.19. The molecule has 2 aromatic rings. The molecular weight excluding hydrogens is 294 g/mol. The number of hydrogen-bond acceptors (Lipinski definition) is 5. The molecule has 2 atom stereocenters. The third-order valence-electron chi connectivity index (χ3n) is 4.16. The Labute approximate surface area is 135 Å². The Kier molecular flexibility index (Phi) is 4.71. The molecule has 1 saturated heterocycles. The Morgan fingerprint density at radius 2 is 2.13 bits per heavy atom. The van der Waals surface area contributed by atoms with E-state index in [-0.39, 0.29) is 11.9 Å². The number of β-amino-alcohol motifs (C(OH)–C–C–N with tert-alkyl or cyclic N) is 1. The summed E-state index contributed by atoms with van der Waals surface area (Å²) in [6.07, 6.45) is 2.55. The largest absolute Gasteiger partial charge is 0.391 e. The number of nitrogens with zero attached hydrogens (tertiary/aromatic N) is 3. The molecule has 1 amide bonds. The number of carbonyl (C=O) groups excluding carboxylic acids is 1. The van der Waals surface area contributed by atoms with Crippen molar-refractivity contribution in [3.63, 3.8) is 0 Å². The van der Waals surface area contributed by atoms with E-state index in [1.165, 1.54) is 12.5 Å². The van der Waals surface area contributed by atoms with E-state index in [0.717, 1.165) is 19.3 Å². The van der Waals surface area contributed by atoms with E-state index in [1.807, 2.05) is 18.2 Å². The van der Waals surface area contributed by atoms with Gasteiger partial charge in [-0.1, -0.05) is 35.5 Å². The summed E-state index contributed by atoms with van der Waals surface area (Å²) >= 11 is 0. The van der Waals surface area contributed by atoms with Crippen molar-refractivity contribution >= 4 is 5.91 Å². The lowest BCUT2D eigenvalue weighted by Crippen LogP contribution is -2.29. The molecule has 0 radical (unpaired) electrons. The van der Waals surface area contributed by atoms with E-state index in [1.54, 1.807) is 4.90 Å². The van der Waals surface area contributed by atoms with Crippen LogP contribution in [0.4, 0.5) is 0 Å². The Hall–Kier alpha value is -2.21. The van der Waals surface area contributed by atoms with E-state index >= 15 is 0 Å². The lowest BCUT2D eigenvalue weighted by atomic mass is 10.1. The number of rotatable bonds is 5. The van der Waals surface area contributed by atoms with Gasteiger partial charge >= 0.3 is 0 Å². The van der Waals surface area contributed by atoms with Crippen LogP contribution in [0.5, 0.6) is 0 Å². The molecule has 1 aromatic heterocycles. The molecule has 0 saturated carbocycles. The van der Waals surface area contributed by atoms with Crippen LogP contribution >= 0.6 is 0 Å². The number of amides is 1. The van der Waals surface area contributed by atoms with Crippen molar-refractivity contribution in [3.8, 4) is 0 Å². The summed E-state index contributed by atoms with van der Waals surface area (Å²) in [5.74, 6) is 0.989. The highest BCUT2D eigenvalue weighted by molar-refractivity contribution is 5.74. The number of aliphatic hydroxyl groups is 1. The van der Waals surface area contributed by atoms with Crippen molar-refractivity contribution in [2.45, 2.75) is 44.8 Å². The van der Waals surface area contributed by atoms with Gasteiger partial charge in [-0.2, -0.15) is 4.98 Å². The first-order valence-corrected chi connectivity index (χ1v) is 7.95. The molecule has 0 spiro atoms. The van der Waals surface area contributed by atoms with Gasteiger partial charge in [0.05, 0.1) is 6.10 Å². The van der Waals surface area contributed by atoms with Gasteiger partial charge in [0.15, 0.2) is 5.82 Å². The average molecular weight is 315 g/mol. The van der Waals surface area contributed by atoms with Crippen molar-refractivity contribution in [2.75, 3.05) is 6.54 Å². The van der Waals surface area contributed by atoms with Gasteiger partial charge in [-0.15, -0.1) is 0 Å². The first-order valence-electron chi connectivity index (χ1n) is 7.95. The summed E-state index contributed by atoms with van der Waals surface area (Å²) in [5.41, 5.74) is 1.29. The van der Waals surface area contributed by atoms with E-state index in [2.05, 4.69) is 22.3 Å². The second-order valence-corrected chi connectivity index (χ2v) is 5.96. The number of carbonyl (C=O) groups is 1. The smallest absolute Gasteiger partial charge is 0.249 e. The Bertz CT molecular complexity index is 656. The molecule has 0 aliphatic carbocycles. The van der Waals surface area contributed by atoms with Gasteiger partial charge in [0.25, 0.3) is 0 Å². The molecule has 1 aliphatic rings. The van der Waals surface area contributed by atoms with E-state index < -0.39 is 6.10 Å². The Morgan fingerprint density at radius 1 is 1.35 bits per heavy atom. The Morgan fingerprint density at radius 3 is 2.87 bits per heavy atom. The minimum absolute atomic E-state index is 0.0876. The first kappa shape index (κ1) is 15.7. The predicted octanol–water partition coefficient (Wildman–Crippen LogP) is 1.90. The number of benzene rings is 1. The van der Waals surface area contributed by atoms with Crippen LogP contribution in [-0.4, -0.2) is 38.7 Å². The molecule has 23 heavy (non-hydrogen) atoms. The van der Waals surface area contributed by atoms with Crippen LogP contribution in [0.1, 0.15) is 43.1 Å². The van der Waals surface area contributed by atoms with Gasteiger partial charge in [0, 0.05) is 26.3 Å². The minimum Gasteiger partial charge on any atom is -0.391 e. The fourth-order valence-corrected chi connectivity index (χ4v) is 3.00. The molecule has 1 fully saturated rings. The molecule has 1 N–H and O–H groups in total. The Balaban J connectivity index is 1.58. The number of aliphatic hydroxyl groups excluding tert-OH is 1. The molecule has 1 aliphatic heterocycles. The first-order chi connectivity index (χ1) is 11.1. The summed E-state index contributed by atoms with van der Waals surface area (Å²) in [5, 5.41) is 13.8. The van der Waals surface area contributed by atoms with Crippen molar-refractivity contribution in [3.05, 3.63) is 47.6 Å². The van der Waals surface area contributed by atoms with E-state index in [4.69, 9.17) is 4.52 Å². The molecule has 122 valence electrons. The van der Waals surface area contributed by atoms with Gasteiger partial charge in [-0.3, -0.25) is 4.79 Å². The zero-order chi connectivity index (χ0) is 16.2. The quantitative estimate of drug-likeness (QED) is 0.911. The standard InChI is InChI=1S/C17H21N3O3/c1-12(21)20-11-14(22)10-15(20)17-18-16(19-23-17)9-5-8-13-6-3-2-4-7-13/h2-4,6-7,14-15,22H,5,8-11H2,1H3/t14-,15+/m0/s1. The molecule has 1 aromatic carbocycles. The zero-order valence-corrected chi connectivity index (χ0v) is 13.2. The van der Waals surface area contributed by atoms with Crippen LogP contribution in [-0.2, 0) is 17.6 Å². The molecule has 2 heterocycles. The van der Waals surface area contributed by atoms with Crippen molar-refractivity contribution < 1.29 is 14.4 Å². The second-order valence-electron chi connectivity index (χ2n) is 5.96. The highest BCUT2D eigenvalue weighted by Crippen LogP contribution is 2.31. The van der Waals surface area contributed by atoms with Crippen LogP contribution in [0, 0.1) is 0 Å². The van der Waals surface area contributed by atoms with Crippen LogP contribution in [0.2, 0.25) is 0 Å². The zero-order valence-electron chi connectivity index (χ0n) is 13.2. The summed E-state index contributed by atoms with van der Waals surface area (Å²) in [4.78, 5) is 17.6. The van der Waals surface area contributed by atoms with Crippen molar-refractivity contribution in [2.24, 2.45) is 0 Å². The molecule has 3 rings (SSSR count).